The van der Waals surface area contributed by atoms with Gasteiger partial charge in [-0.15, -0.1) is 0 Å². The SMILES string of the molecule is CCC1(C(=O)N(C)CCCCCN)CCCC1. The second-order valence-electron chi connectivity index (χ2n) is 5.42. The van der Waals surface area contributed by atoms with E-state index in [1.807, 2.05) is 11.9 Å². The van der Waals surface area contributed by atoms with Gasteiger partial charge < -0.3 is 10.6 Å². The lowest BCUT2D eigenvalue weighted by molar-refractivity contribution is -0.140. The van der Waals surface area contributed by atoms with E-state index in [4.69, 9.17) is 5.73 Å². The quantitative estimate of drug-likeness (QED) is 0.695. The number of nitrogens with two attached hydrogens (primary N) is 1. The van der Waals surface area contributed by atoms with E-state index in [1.165, 1.54) is 12.8 Å². The number of unbranched alkanes of at least 4 members (excludes halogenated alkanes) is 2. The number of nitrogens with zero attached hydrogens (tertiary/aromatic N) is 1. The molecule has 1 saturated carbocycles. The van der Waals surface area contributed by atoms with Crippen LogP contribution < -0.4 is 5.73 Å². The van der Waals surface area contributed by atoms with Gasteiger partial charge in [0.1, 0.15) is 0 Å². The van der Waals surface area contributed by atoms with Crippen LogP contribution in [0.5, 0.6) is 0 Å². The maximum atomic E-state index is 12.5. The summed E-state index contributed by atoms with van der Waals surface area (Å²) in [5.74, 6) is 0.380. The summed E-state index contributed by atoms with van der Waals surface area (Å²) in [6, 6.07) is 0. The normalized spacial score (nSPS) is 18.3. The lowest BCUT2D eigenvalue weighted by Gasteiger charge is -2.31. The van der Waals surface area contributed by atoms with Crippen molar-refractivity contribution in [1.82, 2.24) is 4.90 Å². The highest BCUT2D eigenvalue weighted by Crippen LogP contribution is 2.42. The Balaban J connectivity index is 2.39. The Kier molecular flexibility index (Phi) is 5.96. The van der Waals surface area contributed by atoms with E-state index in [9.17, 15) is 4.79 Å². The standard InChI is InChI=1S/C14H28N2O/c1-3-14(9-5-6-10-14)13(17)16(2)12-8-4-7-11-15/h3-12,15H2,1-2H3. The largest absolute Gasteiger partial charge is 0.345 e. The molecule has 0 aliphatic heterocycles. The van der Waals surface area contributed by atoms with Crippen molar-refractivity contribution in [2.75, 3.05) is 20.1 Å². The van der Waals surface area contributed by atoms with Gasteiger partial charge in [0.15, 0.2) is 0 Å². The van der Waals surface area contributed by atoms with Crippen LogP contribution in [0.1, 0.15) is 58.3 Å². The molecule has 0 unspecified atom stereocenters. The summed E-state index contributed by atoms with van der Waals surface area (Å²) in [4.78, 5) is 14.4. The van der Waals surface area contributed by atoms with Crippen molar-refractivity contribution in [2.45, 2.75) is 58.3 Å². The molecule has 1 aliphatic carbocycles. The highest BCUT2D eigenvalue weighted by molar-refractivity contribution is 5.82. The third-order valence-corrected chi connectivity index (χ3v) is 4.24. The number of carbonyl (C=O) groups excluding carboxylic acids is 1. The fourth-order valence-electron chi connectivity index (χ4n) is 2.95. The number of carbonyl (C=O) groups is 1. The number of amides is 1. The maximum Gasteiger partial charge on any atom is 0.228 e. The highest BCUT2D eigenvalue weighted by Gasteiger charge is 2.40. The zero-order chi connectivity index (χ0) is 12.7. The molecular weight excluding hydrogens is 212 g/mol. The van der Waals surface area contributed by atoms with E-state index in [2.05, 4.69) is 6.92 Å². The third-order valence-electron chi connectivity index (χ3n) is 4.24. The fourth-order valence-corrected chi connectivity index (χ4v) is 2.95. The molecule has 100 valence electrons. The van der Waals surface area contributed by atoms with Crippen LogP contribution in [0.4, 0.5) is 0 Å². The van der Waals surface area contributed by atoms with Crippen LogP contribution in [0.2, 0.25) is 0 Å². The van der Waals surface area contributed by atoms with Crippen molar-refractivity contribution in [1.29, 1.82) is 0 Å². The van der Waals surface area contributed by atoms with Crippen LogP contribution in [-0.4, -0.2) is 30.9 Å². The van der Waals surface area contributed by atoms with Gasteiger partial charge in [0.2, 0.25) is 5.91 Å². The molecule has 0 heterocycles. The van der Waals surface area contributed by atoms with Gasteiger partial charge in [-0.25, -0.2) is 0 Å². The minimum Gasteiger partial charge on any atom is -0.345 e. The second kappa shape index (κ2) is 7.00. The van der Waals surface area contributed by atoms with E-state index < -0.39 is 0 Å². The van der Waals surface area contributed by atoms with E-state index in [0.717, 1.165) is 51.6 Å². The average molecular weight is 240 g/mol. The second-order valence-corrected chi connectivity index (χ2v) is 5.42. The van der Waals surface area contributed by atoms with Crippen LogP contribution in [0.15, 0.2) is 0 Å². The van der Waals surface area contributed by atoms with Crippen LogP contribution >= 0.6 is 0 Å². The summed E-state index contributed by atoms with van der Waals surface area (Å²) in [6.45, 7) is 3.81. The van der Waals surface area contributed by atoms with Gasteiger partial charge in [-0.2, -0.15) is 0 Å². The molecule has 1 fully saturated rings. The summed E-state index contributed by atoms with van der Waals surface area (Å²) in [6.07, 6.45) is 8.92. The lowest BCUT2D eigenvalue weighted by Crippen LogP contribution is -2.40. The number of hydrogen-bond acceptors (Lipinski definition) is 2. The van der Waals surface area contributed by atoms with Gasteiger partial charge in [0.05, 0.1) is 0 Å². The van der Waals surface area contributed by atoms with Crippen molar-refractivity contribution in [2.24, 2.45) is 11.1 Å². The molecule has 2 N–H and O–H groups in total. The Hall–Kier alpha value is -0.570. The van der Waals surface area contributed by atoms with Gasteiger partial charge in [-0.3, -0.25) is 4.79 Å². The van der Waals surface area contributed by atoms with Gasteiger partial charge >= 0.3 is 0 Å². The Morgan fingerprint density at radius 2 is 1.88 bits per heavy atom. The Morgan fingerprint density at radius 1 is 1.24 bits per heavy atom. The number of rotatable bonds is 7. The van der Waals surface area contributed by atoms with E-state index in [1.54, 1.807) is 0 Å². The first kappa shape index (κ1) is 14.5. The zero-order valence-corrected chi connectivity index (χ0v) is 11.5. The molecule has 0 saturated heterocycles. The first-order chi connectivity index (χ1) is 8.16. The molecule has 3 heteroatoms. The molecular formula is C14H28N2O. The van der Waals surface area contributed by atoms with Crippen molar-refractivity contribution in [3.8, 4) is 0 Å². The molecule has 17 heavy (non-hydrogen) atoms. The molecule has 3 nitrogen and oxygen atoms in total. The zero-order valence-electron chi connectivity index (χ0n) is 11.5. The van der Waals surface area contributed by atoms with Crippen LogP contribution in [-0.2, 0) is 4.79 Å². The monoisotopic (exact) mass is 240 g/mol. The van der Waals surface area contributed by atoms with E-state index >= 15 is 0 Å². The number of hydrogen-bond donors (Lipinski definition) is 1. The molecule has 0 radical (unpaired) electrons. The van der Waals surface area contributed by atoms with E-state index in [-0.39, 0.29) is 5.41 Å². The van der Waals surface area contributed by atoms with Crippen molar-refractivity contribution in [3.05, 3.63) is 0 Å². The molecule has 1 amide bonds. The minimum absolute atomic E-state index is 0.0252. The Morgan fingerprint density at radius 3 is 2.41 bits per heavy atom. The lowest BCUT2D eigenvalue weighted by atomic mass is 9.82. The summed E-state index contributed by atoms with van der Waals surface area (Å²) in [5.41, 5.74) is 5.44. The van der Waals surface area contributed by atoms with Crippen molar-refractivity contribution < 1.29 is 4.79 Å². The van der Waals surface area contributed by atoms with Crippen molar-refractivity contribution in [3.63, 3.8) is 0 Å². The molecule has 1 rings (SSSR count). The average Bonchev–Trinajstić information content (AvgIpc) is 2.83. The molecule has 0 atom stereocenters. The first-order valence-corrected chi connectivity index (χ1v) is 7.12. The van der Waals surface area contributed by atoms with Crippen LogP contribution in [0.25, 0.3) is 0 Å². The molecule has 1 aliphatic rings. The smallest absolute Gasteiger partial charge is 0.228 e. The predicted molar refractivity (Wildman–Crippen MR) is 71.7 cm³/mol. The van der Waals surface area contributed by atoms with E-state index in [0.29, 0.717) is 5.91 Å². The predicted octanol–water partition coefficient (Wildman–Crippen LogP) is 2.54. The fraction of sp³-hybridized carbons (Fsp3) is 0.929. The Labute approximate surface area is 106 Å². The molecule has 0 spiro atoms. The topological polar surface area (TPSA) is 46.3 Å². The summed E-state index contributed by atoms with van der Waals surface area (Å²) in [5, 5.41) is 0. The van der Waals surface area contributed by atoms with Gasteiger partial charge in [-0.05, 0) is 38.6 Å². The summed E-state index contributed by atoms with van der Waals surface area (Å²) >= 11 is 0. The summed E-state index contributed by atoms with van der Waals surface area (Å²) in [7, 11) is 1.96. The minimum atomic E-state index is -0.0252. The maximum absolute atomic E-state index is 12.5. The molecule has 0 bridgehead atoms. The van der Waals surface area contributed by atoms with Gasteiger partial charge in [0.25, 0.3) is 0 Å². The Bertz CT molecular complexity index is 234. The molecule has 0 aromatic rings. The third kappa shape index (κ3) is 3.70. The summed E-state index contributed by atoms with van der Waals surface area (Å²) < 4.78 is 0. The van der Waals surface area contributed by atoms with Crippen molar-refractivity contribution >= 4 is 5.91 Å². The highest BCUT2D eigenvalue weighted by atomic mass is 16.2. The van der Waals surface area contributed by atoms with Crippen LogP contribution in [0, 0.1) is 5.41 Å². The first-order valence-electron chi connectivity index (χ1n) is 7.12. The molecule has 0 aromatic heterocycles. The van der Waals surface area contributed by atoms with Gasteiger partial charge in [0, 0.05) is 19.0 Å². The molecule has 0 aromatic carbocycles. The van der Waals surface area contributed by atoms with Gasteiger partial charge in [-0.1, -0.05) is 26.2 Å². The van der Waals surface area contributed by atoms with Crippen LogP contribution in [0.3, 0.4) is 0 Å².